The van der Waals surface area contributed by atoms with Crippen molar-refractivity contribution < 1.29 is 18.7 Å². The van der Waals surface area contributed by atoms with E-state index in [4.69, 9.17) is 13.9 Å². The largest absolute Gasteiger partial charge is 0.459 e. The molecule has 21 heavy (non-hydrogen) atoms. The molecule has 2 rings (SSSR count). The molecule has 6 heteroatoms. The molecule has 0 bridgehead atoms. The average Bonchev–Trinajstić information content (AvgIpc) is 3.10. The van der Waals surface area contributed by atoms with Gasteiger partial charge in [0.1, 0.15) is 12.4 Å². The van der Waals surface area contributed by atoms with Crippen LogP contribution >= 0.6 is 11.3 Å². The number of esters is 1. The van der Waals surface area contributed by atoms with Crippen molar-refractivity contribution in [3.63, 3.8) is 0 Å². The molecule has 0 fully saturated rings. The van der Waals surface area contributed by atoms with Gasteiger partial charge in [-0.2, -0.15) is 0 Å². The smallest absolute Gasteiger partial charge is 0.335 e. The number of aromatic nitrogens is 1. The fourth-order valence-electron chi connectivity index (χ4n) is 1.58. The maximum absolute atomic E-state index is 11.7. The van der Waals surface area contributed by atoms with E-state index < -0.39 is 12.1 Å². The third-order valence-electron chi connectivity index (χ3n) is 2.66. The molecule has 0 aliphatic heterocycles. The third kappa shape index (κ3) is 4.27. The summed E-state index contributed by atoms with van der Waals surface area (Å²) in [6, 6.07) is 3.75. The monoisotopic (exact) mass is 307 g/mol. The summed E-state index contributed by atoms with van der Waals surface area (Å²) in [7, 11) is 0. The summed E-state index contributed by atoms with van der Waals surface area (Å²) in [4.78, 5) is 16.1. The fraction of sp³-hybridized carbons (Fsp3) is 0.333. The Morgan fingerprint density at radius 2 is 2.38 bits per heavy atom. The molecule has 5 nitrogen and oxygen atoms in total. The van der Waals surface area contributed by atoms with E-state index >= 15 is 0 Å². The lowest BCUT2D eigenvalue weighted by molar-refractivity contribution is -0.156. The minimum Gasteiger partial charge on any atom is -0.459 e. The van der Waals surface area contributed by atoms with Gasteiger partial charge in [-0.25, -0.2) is 9.78 Å². The van der Waals surface area contributed by atoms with Crippen LogP contribution in [0.5, 0.6) is 0 Å². The molecule has 1 unspecified atom stereocenters. The highest BCUT2D eigenvalue weighted by atomic mass is 32.1. The van der Waals surface area contributed by atoms with Gasteiger partial charge in [0.05, 0.1) is 12.3 Å². The van der Waals surface area contributed by atoms with Crippen molar-refractivity contribution >= 4 is 17.3 Å². The number of aryl methyl sites for hydroxylation is 1. The number of hydrogen-bond acceptors (Lipinski definition) is 6. The normalized spacial score (nSPS) is 12.1. The first-order valence-electron chi connectivity index (χ1n) is 6.50. The minimum absolute atomic E-state index is 0.122. The zero-order valence-electron chi connectivity index (χ0n) is 12.0. The number of rotatable bonds is 7. The molecule has 0 aromatic carbocycles. The molecule has 2 aromatic rings. The van der Waals surface area contributed by atoms with Crippen molar-refractivity contribution in [2.45, 2.75) is 26.6 Å². The number of carbonyl (C=O) groups is 1. The second-order valence-electron chi connectivity index (χ2n) is 4.43. The summed E-state index contributed by atoms with van der Waals surface area (Å²) in [5.74, 6) is 1.14. The first-order chi connectivity index (χ1) is 10.1. The second kappa shape index (κ2) is 7.19. The Morgan fingerprint density at radius 1 is 1.57 bits per heavy atom. The van der Waals surface area contributed by atoms with Crippen molar-refractivity contribution in [3.8, 4) is 10.8 Å². The number of furan rings is 1. The molecule has 2 aromatic heterocycles. The molecule has 2 heterocycles. The van der Waals surface area contributed by atoms with Crippen molar-refractivity contribution in [2.24, 2.45) is 0 Å². The summed E-state index contributed by atoms with van der Waals surface area (Å²) >= 11 is 1.45. The first kappa shape index (κ1) is 15.5. The molecule has 0 amide bonds. The Labute approximate surface area is 127 Å². The number of thiazole rings is 1. The highest BCUT2D eigenvalue weighted by Crippen LogP contribution is 2.25. The lowest BCUT2D eigenvalue weighted by Gasteiger charge is -2.10. The molecule has 0 N–H and O–H groups in total. The van der Waals surface area contributed by atoms with Gasteiger partial charge in [-0.3, -0.25) is 0 Å². The quantitative estimate of drug-likeness (QED) is 0.580. The van der Waals surface area contributed by atoms with E-state index in [-0.39, 0.29) is 6.61 Å². The van der Waals surface area contributed by atoms with Crippen LogP contribution in [0.4, 0.5) is 0 Å². The summed E-state index contributed by atoms with van der Waals surface area (Å²) < 4.78 is 15.9. The lowest BCUT2D eigenvalue weighted by atomic mass is 10.4. The highest BCUT2D eigenvalue weighted by molar-refractivity contribution is 7.13. The SMILES string of the molecule is C=CCOC(C)C(=O)OCc1csc(-c2ccc(C)o2)n1. The molecule has 0 saturated carbocycles. The van der Waals surface area contributed by atoms with Gasteiger partial charge in [0.25, 0.3) is 0 Å². The van der Waals surface area contributed by atoms with E-state index in [1.165, 1.54) is 11.3 Å². The maximum atomic E-state index is 11.7. The number of carbonyl (C=O) groups excluding carboxylic acids is 1. The topological polar surface area (TPSA) is 61.6 Å². The summed E-state index contributed by atoms with van der Waals surface area (Å²) in [5, 5.41) is 2.61. The fourth-order valence-corrected chi connectivity index (χ4v) is 2.34. The Balaban J connectivity index is 1.88. The molecule has 0 aliphatic carbocycles. The van der Waals surface area contributed by atoms with Crippen LogP contribution < -0.4 is 0 Å². The average molecular weight is 307 g/mol. The van der Waals surface area contributed by atoms with Crippen LogP contribution in [0.1, 0.15) is 18.4 Å². The van der Waals surface area contributed by atoms with Gasteiger partial charge < -0.3 is 13.9 Å². The van der Waals surface area contributed by atoms with Gasteiger partial charge in [0.15, 0.2) is 16.9 Å². The predicted octanol–water partition coefficient (Wildman–Crippen LogP) is 3.35. The lowest BCUT2D eigenvalue weighted by Crippen LogP contribution is -2.23. The van der Waals surface area contributed by atoms with Gasteiger partial charge >= 0.3 is 5.97 Å². The van der Waals surface area contributed by atoms with E-state index in [2.05, 4.69) is 11.6 Å². The number of hydrogen-bond donors (Lipinski definition) is 0. The van der Waals surface area contributed by atoms with E-state index in [0.717, 1.165) is 16.5 Å². The van der Waals surface area contributed by atoms with E-state index in [9.17, 15) is 4.79 Å². The predicted molar refractivity (Wildman–Crippen MR) is 80.0 cm³/mol. The Morgan fingerprint density at radius 3 is 3.05 bits per heavy atom. The van der Waals surface area contributed by atoms with Crippen LogP contribution in [0.25, 0.3) is 10.8 Å². The molecule has 112 valence electrons. The van der Waals surface area contributed by atoms with Crippen molar-refractivity contribution in [1.82, 2.24) is 4.98 Å². The molecular formula is C15H17NO4S. The molecule has 0 spiro atoms. The Bertz CT molecular complexity index is 617. The van der Waals surface area contributed by atoms with Crippen LogP contribution in [0.15, 0.2) is 34.6 Å². The zero-order chi connectivity index (χ0) is 15.2. The maximum Gasteiger partial charge on any atom is 0.335 e. The Hall–Kier alpha value is -1.92. The third-order valence-corrected chi connectivity index (χ3v) is 3.57. The molecular weight excluding hydrogens is 290 g/mol. The summed E-state index contributed by atoms with van der Waals surface area (Å²) in [6.45, 7) is 7.48. The van der Waals surface area contributed by atoms with Gasteiger partial charge in [0, 0.05) is 5.38 Å². The molecule has 1 atom stereocenters. The zero-order valence-corrected chi connectivity index (χ0v) is 12.8. The van der Waals surface area contributed by atoms with Gasteiger partial charge in [-0.05, 0) is 26.0 Å². The van der Waals surface area contributed by atoms with Crippen molar-refractivity contribution in [2.75, 3.05) is 6.61 Å². The highest BCUT2D eigenvalue weighted by Gasteiger charge is 2.15. The summed E-state index contributed by atoms with van der Waals surface area (Å²) in [5.41, 5.74) is 0.688. The Kier molecular flexibility index (Phi) is 5.30. The van der Waals surface area contributed by atoms with Crippen LogP contribution in [-0.4, -0.2) is 23.7 Å². The van der Waals surface area contributed by atoms with Crippen LogP contribution in [0.2, 0.25) is 0 Å². The molecule has 0 saturated heterocycles. The number of ether oxygens (including phenoxy) is 2. The van der Waals surface area contributed by atoms with Gasteiger partial charge in [0.2, 0.25) is 0 Å². The van der Waals surface area contributed by atoms with E-state index in [1.807, 2.05) is 24.4 Å². The van der Waals surface area contributed by atoms with Crippen LogP contribution in [0.3, 0.4) is 0 Å². The van der Waals surface area contributed by atoms with E-state index in [1.54, 1.807) is 13.0 Å². The first-order valence-corrected chi connectivity index (χ1v) is 7.38. The van der Waals surface area contributed by atoms with Gasteiger partial charge in [-0.15, -0.1) is 17.9 Å². The van der Waals surface area contributed by atoms with E-state index in [0.29, 0.717) is 12.3 Å². The standard InChI is InChI=1S/C15H17NO4S/c1-4-7-18-11(3)15(17)19-8-12-9-21-14(16-12)13-6-5-10(2)20-13/h4-6,9,11H,1,7-8H2,2-3H3. The second-order valence-corrected chi connectivity index (χ2v) is 5.28. The number of nitrogens with zero attached hydrogens (tertiary/aromatic N) is 1. The van der Waals surface area contributed by atoms with Gasteiger partial charge in [-0.1, -0.05) is 6.08 Å². The molecule has 0 radical (unpaired) electrons. The molecule has 0 aliphatic rings. The van der Waals surface area contributed by atoms with Crippen LogP contribution in [-0.2, 0) is 20.9 Å². The van der Waals surface area contributed by atoms with Crippen molar-refractivity contribution in [3.05, 3.63) is 41.6 Å². The van der Waals surface area contributed by atoms with Crippen LogP contribution in [0, 0.1) is 6.92 Å². The minimum atomic E-state index is -0.617. The van der Waals surface area contributed by atoms with Crippen molar-refractivity contribution in [1.29, 1.82) is 0 Å². The summed E-state index contributed by atoms with van der Waals surface area (Å²) in [6.07, 6.45) is 0.968.